The number of rotatable bonds is 7. The molecule has 2 N–H and O–H groups in total. The minimum absolute atomic E-state index is 0. The molecule has 10 rings (SSSR count). The number of nitrogens with zero attached hydrogens (tertiary/aromatic N) is 9. The normalized spacial score (nSPS) is 18.9. The van der Waals surface area contributed by atoms with Crippen LogP contribution in [0.15, 0.2) is 97.8 Å². The van der Waals surface area contributed by atoms with Crippen LogP contribution in [0.4, 0.5) is 0 Å². The van der Waals surface area contributed by atoms with Gasteiger partial charge in [-0.15, -0.1) is 12.4 Å². The Kier molecular flexibility index (Phi) is 13.8. The third kappa shape index (κ3) is 9.20. The highest BCUT2D eigenvalue weighted by atomic mass is 35.5. The van der Waals surface area contributed by atoms with Crippen molar-refractivity contribution in [3.05, 3.63) is 164 Å². The van der Waals surface area contributed by atoms with E-state index in [-0.39, 0.29) is 24.5 Å². The average Bonchev–Trinajstić information content (AvgIpc) is 3.81. The first-order chi connectivity index (χ1) is 29.7. The molecule has 0 amide bonds. The molecular formula is C47H52BCl3N10O. The van der Waals surface area contributed by atoms with E-state index in [1.54, 1.807) is 0 Å². The first-order valence-corrected chi connectivity index (χ1v) is 21.9. The fourth-order valence-corrected chi connectivity index (χ4v) is 9.64. The van der Waals surface area contributed by atoms with Gasteiger partial charge in [-0.2, -0.15) is 0 Å². The smallest absolute Gasteiger partial charge is 0.376 e. The van der Waals surface area contributed by atoms with E-state index in [1.165, 1.54) is 33.4 Å². The molecule has 4 aromatic heterocycles. The lowest BCUT2D eigenvalue weighted by molar-refractivity contribution is 0.144. The second-order valence-electron chi connectivity index (χ2n) is 16.3. The van der Waals surface area contributed by atoms with Crippen LogP contribution >= 0.6 is 35.6 Å². The molecule has 2 atom stereocenters. The van der Waals surface area contributed by atoms with E-state index < -0.39 is 7.05 Å². The van der Waals surface area contributed by atoms with Crippen molar-refractivity contribution in [2.24, 2.45) is 0 Å². The first-order valence-electron chi connectivity index (χ1n) is 21.2. The van der Waals surface area contributed by atoms with Gasteiger partial charge < -0.3 is 24.3 Å². The van der Waals surface area contributed by atoms with E-state index in [1.807, 2.05) is 82.1 Å². The van der Waals surface area contributed by atoms with Crippen LogP contribution in [0, 0.1) is 13.8 Å². The van der Waals surface area contributed by atoms with Gasteiger partial charge in [-0.05, 0) is 114 Å². The van der Waals surface area contributed by atoms with Crippen molar-refractivity contribution in [2.75, 3.05) is 52.4 Å². The van der Waals surface area contributed by atoms with Crippen LogP contribution in [0.25, 0.3) is 23.3 Å². The molecule has 0 radical (unpaired) electrons. The molecule has 0 bridgehead atoms. The number of halogens is 3. The van der Waals surface area contributed by atoms with Gasteiger partial charge in [-0.3, -0.25) is 19.8 Å². The molecule has 11 nitrogen and oxygen atoms in total. The topological polar surface area (TPSA) is 103 Å². The van der Waals surface area contributed by atoms with Crippen molar-refractivity contribution in [3.63, 3.8) is 0 Å². The second kappa shape index (κ2) is 19.4. The number of aromatic nitrogens is 6. The number of piperazine rings is 2. The summed E-state index contributed by atoms with van der Waals surface area (Å²) in [6.07, 6.45) is 16.1. The number of hydrogen-bond donors (Lipinski definition) is 2. The summed E-state index contributed by atoms with van der Waals surface area (Å²) in [5.41, 5.74) is 11.8. The maximum Gasteiger partial charge on any atom is 0.376 e. The second-order valence-corrected chi connectivity index (χ2v) is 17.1. The summed E-state index contributed by atoms with van der Waals surface area (Å²) in [5.74, 6) is 1.99. The fraction of sp³-hybridized carbons (Fsp3) is 0.319. The Bertz CT molecular complexity index is 2580. The van der Waals surface area contributed by atoms with Crippen molar-refractivity contribution in [2.45, 2.75) is 45.8 Å². The maximum atomic E-state index is 10.0. The lowest BCUT2D eigenvalue weighted by Gasteiger charge is -2.40. The third-order valence-electron chi connectivity index (χ3n) is 12.5. The van der Waals surface area contributed by atoms with E-state index in [4.69, 9.17) is 33.2 Å². The molecule has 2 fully saturated rings. The summed E-state index contributed by atoms with van der Waals surface area (Å²) < 4.78 is 4.34. The van der Waals surface area contributed by atoms with Crippen LogP contribution in [-0.2, 0) is 13.1 Å². The Morgan fingerprint density at radius 3 is 1.55 bits per heavy atom. The lowest BCUT2D eigenvalue weighted by atomic mass is 9.84. The Balaban J connectivity index is 0.000000169. The Hall–Kier alpha value is -4.63. The van der Waals surface area contributed by atoms with Gasteiger partial charge in [0.1, 0.15) is 11.6 Å². The van der Waals surface area contributed by atoms with Crippen molar-refractivity contribution in [1.82, 2.24) is 49.0 Å². The number of allylic oxidation sites excluding steroid dienone is 2. The standard InChI is InChI=1S/C24H27BClN5O.C23H24ClN5.ClH/c1-17-27-8-9-30(17)16-19-14-18-4-3-7-28-23(18)24(21-6-5-20(26)15-22(19)21)29-10-12-31(13-11-29)25(2)32;1-16-26-9-12-29(16)15-18-13-17-3-2-6-27-22(17)23(28-10-7-25-8-11-28)20-5-4-19(24)14-21(18)20;/h3-9,14-15,24,32H,10-13,16H2,1-2H3;2-6,9,12-14,23,25H,7-8,10-11,15H2,1H3;1H. The molecule has 4 aliphatic rings. The van der Waals surface area contributed by atoms with E-state index in [0.717, 1.165) is 110 Å². The van der Waals surface area contributed by atoms with Crippen molar-refractivity contribution in [1.29, 1.82) is 0 Å². The largest absolute Gasteiger partial charge is 0.437 e. The van der Waals surface area contributed by atoms with Crippen molar-refractivity contribution in [3.8, 4) is 0 Å². The zero-order valence-corrected chi connectivity index (χ0v) is 37.7. The van der Waals surface area contributed by atoms with E-state index in [0.29, 0.717) is 0 Å². The molecule has 2 unspecified atom stereocenters. The van der Waals surface area contributed by atoms with Gasteiger partial charge in [0.05, 0.1) is 23.5 Å². The first kappa shape index (κ1) is 44.0. The predicted molar refractivity (Wildman–Crippen MR) is 253 cm³/mol. The average molecular weight is 890 g/mol. The van der Waals surface area contributed by atoms with Gasteiger partial charge in [0.15, 0.2) is 0 Å². The minimum atomic E-state index is -0.422. The number of aryl methyl sites for hydroxylation is 2. The zero-order chi connectivity index (χ0) is 42.0. The number of pyridine rings is 2. The van der Waals surface area contributed by atoms with E-state index in [9.17, 15) is 5.02 Å². The number of hydrogen-bond acceptors (Lipinski definition) is 9. The van der Waals surface area contributed by atoms with Crippen LogP contribution < -0.4 is 5.32 Å². The monoisotopic (exact) mass is 888 g/mol. The molecule has 2 aromatic carbocycles. The van der Waals surface area contributed by atoms with E-state index in [2.05, 4.69) is 87.6 Å². The fourth-order valence-electron chi connectivity index (χ4n) is 9.30. The molecule has 15 heteroatoms. The number of nitrogens with one attached hydrogen (secondary N) is 1. The Morgan fingerprint density at radius 2 is 1.11 bits per heavy atom. The molecule has 0 saturated carbocycles. The van der Waals surface area contributed by atoms with E-state index >= 15 is 0 Å². The predicted octanol–water partition coefficient (Wildman–Crippen LogP) is 7.82. The maximum absolute atomic E-state index is 10.0. The quantitative estimate of drug-likeness (QED) is 0.156. The van der Waals surface area contributed by atoms with Crippen LogP contribution in [0.5, 0.6) is 0 Å². The SMILES string of the molecule is CB(O)N1CCN(C2c3ccc(Cl)cc3C(Cn3ccnc3C)=Cc3cccnc32)CC1.Cc1nccn1CC1=Cc2cccnc2C(N2CCNCC2)c2ccc(Cl)cc21.Cl. The van der Waals surface area contributed by atoms with Crippen LogP contribution in [0.1, 0.15) is 68.5 Å². The highest BCUT2D eigenvalue weighted by Gasteiger charge is 2.35. The number of fused-ring (bicyclic) bond motifs is 4. The summed E-state index contributed by atoms with van der Waals surface area (Å²) in [4.78, 5) is 25.6. The van der Waals surface area contributed by atoms with Gasteiger partial charge in [-0.1, -0.05) is 47.5 Å². The lowest BCUT2D eigenvalue weighted by Crippen LogP contribution is -2.52. The Morgan fingerprint density at radius 1 is 0.645 bits per heavy atom. The number of benzene rings is 2. The molecule has 0 spiro atoms. The summed E-state index contributed by atoms with van der Waals surface area (Å²) in [6.45, 7) is 14.7. The summed E-state index contributed by atoms with van der Waals surface area (Å²) in [5, 5.41) is 15.0. The Labute approximate surface area is 380 Å². The molecule has 320 valence electrons. The third-order valence-corrected chi connectivity index (χ3v) is 13.0. The number of imidazole rings is 2. The molecule has 2 saturated heterocycles. The molecule has 62 heavy (non-hydrogen) atoms. The van der Waals surface area contributed by atoms with Gasteiger partial charge in [-0.25, -0.2) is 9.97 Å². The molecule has 2 aliphatic carbocycles. The van der Waals surface area contributed by atoms with Crippen LogP contribution in [0.2, 0.25) is 16.9 Å². The highest BCUT2D eigenvalue weighted by molar-refractivity contribution is 6.45. The molecule has 6 heterocycles. The van der Waals surface area contributed by atoms with Crippen LogP contribution in [0.3, 0.4) is 0 Å². The summed E-state index contributed by atoms with van der Waals surface area (Å²) >= 11 is 13.0. The van der Waals surface area contributed by atoms with Gasteiger partial charge in [0.2, 0.25) is 0 Å². The minimum Gasteiger partial charge on any atom is -0.437 e. The van der Waals surface area contributed by atoms with Gasteiger partial charge in [0.25, 0.3) is 0 Å². The van der Waals surface area contributed by atoms with Crippen LogP contribution in [-0.4, -0.2) is 108 Å². The summed E-state index contributed by atoms with van der Waals surface area (Å²) in [7, 11) is -0.422. The molecular weight excluding hydrogens is 838 g/mol. The molecule has 2 aliphatic heterocycles. The van der Waals surface area contributed by atoms with Crippen molar-refractivity contribution >= 4 is 66.0 Å². The summed E-state index contributed by atoms with van der Waals surface area (Å²) in [6, 6.07) is 21.0. The van der Waals surface area contributed by atoms with Gasteiger partial charge >= 0.3 is 7.05 Å². The zero-order valence-electron chi connectivity index (χ0n) is 35.3. The molecule has 6 aromatic rings. The van der Waals surface area contributed by atoms with Crippen molar-refractivity contribution < 1.29 is 5.02 Å². The highest BCUT2D eigenvalue weighted by Crippen LogP contribution is 2.42. The van der Waals surface area contributed by atoms with Gasteiger partial charge in [0, 0.05) is 113 Å².